The summed E-state index contributed by atoms with van der Waals surface area (Å²) in [5.41, 5.74) is 0.148. The van der Waals surface area contributed by atoms with Crippen LogP contribution < -0.4 is 11.2 Å². The van der Waals surface area contributed by atoms with E-state index in [0.717, 1.165) is 6.54 Å². The van der Waals surface area contributed by atoms with Gasteiger partial charge in [-0.2, -0.15) is 0 Å². The Morgan fingerprint density at radius 1 is 1.78 bits per heavy atom. The smallest absolute Gasteiger partial charge is 0.0858 e. The van der Waals surface area contributed by atoms with Crippen molar-refractivity contribution in [3.05, 3.63) is 0 Å². The van der Waals surface area contributed by atoms with Crippen molar-refractivity contribution in [2.45, 2.75) is 25.3 Å². The van der Waals surface area contributed by atoms with Crippen LogP contribution in [0.25, 0.3) is 0 Å². The van der Waals surface area contributed by atoms with E-state index < -0.39 is 0 Å². The van der Waals surface area contributed by atoms with Crippen molar-refractivity contribution in [1.29, 1.82) is 0 Å². The number of nitrogens with one attached hydrogen (secondary N) is 1. The minimum absolute atomic E-state index is 0.148. The fourth-order valence-electron chi connectivity index (χ4n) is 1.26. The van der Waals surface area contributed by atoms with E-state index >= 15 is 0 Å². The third-order valence-corrected chi connectivity index (χ3v) is 1.86. The Morgan fingerprint density at radius 2 is 2.56 bits per heavy atom. The van der Waals surface area contributed by atoms with E-state index in [9.17, 15) is 0 Å². The molecule has 0 aliphatic carbocycles. The van der Waals surface area contributed by atoms with Crippen LogP contribution in [0.2, 0.25) is 0 Å². The van der Waals surface area contributed by atoms with Crippen LogP contribution in [-0.2, 0) is 4.84 Å². The maximum absolute atomic E-state index is 4.95. The van der Waals surface area contributed by atoms with Gasteiger partial charge in [-0.1, -0.05) is 0 Å². The first-order valence-electron chi connectivity index (χ1n) is 3.34. The first-order valence-corrected chi connectivity index (χ1v) is 3.34. The van der Waals surface area contributed by atoms with Crippen molar-refractivity contribution in [3.63, 3.8) is 0 Å². The first-order chi connectivity index (χ1) is 4.27. The Hall–Kier alpha value is -0.120. The highest BCUT2D eigenvalue weighted by atomic mass is 16.6. The number of rotatable bonds is 2. The molecule has 9 heavy (non-hydrogen) atoms. The quantitative estimate of drug-likeness (QED) is 0.518. The summed E-state index contributed by atoms with van der Waals surface area (Å²) in [5.74, 6) is 4.95. The average molecular weight is 130 g/mol. The fraction of sp³-hybridized carbons (Fsp3) is 1.00. The van der Waals surface area contributed by atoms with Crippen molar-refractivity contribution in [2.24, 2.45) is 5.90 Å². The SMILES string of the molecule is CC1(CON)CCCN1. The summed E-state index contributed by atoms with van der Waals surface area (Å²) in [6.07, 6.45) is 2.41. The van der Waals surface area contributed by atoms with Gasteiger partial charge < -0.3 is 10.2 Å². The Balaban J connectivity index is 2.32. The molecule has 1 unspecified atom stereocenters. The molecule has 1 atom stereocenters. The Kier molecular flexibility index (Phi) is 2.05. The third-order valence-electron chi connectivity index (χ3n) is 1.86. The van der Waals surface area contributed by atoms with Gasteiger partial charge >= 0.3 is 0 Å². The zero-order chi connectivity index (χ0) is 6.74. The lowest BCUT2D eigenvalue weighted by molar-refractivity contribution is 0.0845. The molecule has 0 saturated carbocycles. The van der Waals surface area contributed by atoms with E-state index in [-0.39, 0.29) is 5.54 Å². The molecule has 1 heterocycles. The number of hydrogen-bond donors (Lipinski definition) is 2. The molecule has 0 aromatic heterocycles. The summed E-state index contributed by atoms with van der Waals surface area (Å²) in [6, 6.07) is 0. The zero-order valence-corrected chi connectivity index (χ0v) is 5.81. The second-order valence-electron chi connectivity index (χ2n) is 2.90. The van der Waals surface area contributed by atoms with E-state index in [0.29, 0.717) is 6.61 Å². The molecule has 3 N–H and O–H groups in total. The van der Waals surface area contributed by atoms with Crippen molar-refractivity contribution < 1.29 is 4.84 Å². The molecule has 0 spiro atoms. The summed E-state index contributed by atoms with van der Waals surface area (Å²) < 4.78 is 0. The molecule has 0 radical (unpaired) electrons. The number of nitrogens with two attached hydrogens (primary N) is 1. The first kappa shape index (κ1) is 6.99. The van der Waals surface area contributed by atoms with Gasteiger partial charge in [0.25, 0.3) is 0 Å². The molecule has 1 aliphatic heterocycles. The van der Waals surface area contributed by atoms with Gasteiger partial charge in [0.15, 0.2) is 0 Å². The van der Waals surface area contributed by atoms with Crippen molar-refractivity contribution in [1.82, 2.24) is 5.32 Å². The minimum Gasteiger partial charge on any atom is -0.309 e. The molecule has 3 nitrogen and oxygen atoms in total. The summed E-state index contributed by atoms with van der Waals surface area (Å²) in [4.78, 5) is 4.57. The normalized spacial score (nSPS) is 35.3. The van der Waals surface area contributed by atoms with Crippen LogP contribution in [0.4, 0.5) is 0 Å². The van der Waals surface area contributed by atoms with Crippen LogP contribution in [0.3, 0.4) is 0 Å². The summed E-state index contributed by atoms with van der Waals surface area (Å²) in [7, 11) is 0. The van der Waals surface area contributed by atoms with Crippen LogP contribution in [0.1, 0.15) is 19.8 Å². The maximum Gasteiger partial charge on any atom is 0.0858 e. The average Bonchev–Trinajstić information content (AvgIpc) is 2.16. The lowest BCUT2D eigenvalue weighted by atomic mass is 10.0. The minimum atomic E-state index is 0.148. The monoisotopic (exact) mass is 130 g/mol. The number of hydrogen-bond acceptors (Lipinski definition) is 3. The molecule has 0 bridgehead atoms. The second kappa shape index (κ2) is 2.64. The Labute approximate surface area is 55.5 Å². The van der Waals surface area contributed by atoms with Gasteiger partial charge in [0, 0.05) is 5.54 Å². The molecule has 1 rings (SSSR count). The lowest BCUT2D eigenvalue weighted by Gasteiger charge is -2.21. The highest BCUT2D eigenvalue weighted by Gasteiger charge is 2.27. The third kappa shape index (κ3) is 1.64. The van der Waals surface area contributed by atoms with Crippen LogP contribution >= 0.6 is 0 Å². The lowest BCUT2D eigenvalue weighted by Crippen LogP contribution is -2.41. The molecule has 0 aromatic rings. The van der Waals surface area contributed by atoms with E-state index in [1.165, 1.54) is 12.8 Å². The van der Waals surface area contributed by atoms with Gasteiger partial charge in [0.2, 0.25) is 0 Å². The molecule has 1 aliphatic rings. The maximum atomic E-state index is 4.95. The van der Waals surface area contributed by atoms with Crippen LogP contribution in [0.5, 0.6) is 0 Å². The summed E-state index contributed by atoms with van der Waals surface area (Å²) in [6.45, 7) is 3.85. The van der Waals surface area contributed by atoms with Crippen LogP contribution in [-0.4, -0.2) is 18.7 Å². The second-order valence-corrected chi connectivity index (χ2v) is 2.90. The van der Waals surface area contributed by atoms with Gasteiger partial charge in [0.05, 0.1) is 6.61 Å². The predicted octanol–water partition coefficient (Wildman–Crippen LogP) is 0.0188. The van der Waals surface area contributed by atoms with Crippen molar-refractivity contribution >= 4 is 0 Å². The molecule has 3 heteroatoms. The molecule has 1 saturated heterocycles. The van der Waals surface area contributed by atoms with Gasteiger partial charge in [-0.25, -0.2) is 5.90 Å². The van der Waals surface area contributed by atoms with E-state index in [1.54, 1.807) is 0 Å². The molecular weight excluding hydrogens is 116 g/mol. The van der Waals surface area contributed by atoms with Gasteiger partial charge in [0.1, 0.15) is 0 Å². The van der Waals surface area contributed by atoms with E-state index in [2.05, 4.69) is 17.1 Å². The highest BCUT2D eigenvalue weighted by Crippen LogP contribution is 2.17. The zero-order valence-electron chi connectivity index (χ0n) is 5.81. The van der Waals surface area contributed by atoms with Crippen molar-refractivity contribution in [2.75, 3.05) is 13.2 Å². The Bertz CT molecular complexity index is 89.1. The summed E-state index contributed by atoms with van der Waals surface area (Å²) in [5, 5.41) is 3.33. The van der Waals surface area contributed by atoms with E-state index in [1.807, 2.05) is 0 Å². The molecular formula is C6H14N2O. The largest absolute Gasteiger partial charge is 0.309 e. The Morgan fingerprint density at radius 3 is 3.00 bits per heavy atom. The van der Waals surface area contributed by atoms with E-state index in [4.69, 9.17) is 5.90 Å². The standard InChI is InChI=1S/C6H14N2O/c1-6(5-9-7)3-2-4-8-6/h8H,2-5,7H2,1H3. The van der Waals surface area contributed by atoms with Gasteiger partial charge in [-0.3, -0.25) is 0 Å². The topological polar surface area (TPSA) is 47.3 Å². The van der Waals surface area contributed by atoms with Crippen LogP contribution in [0, 0.1) is 0 Å². The molecule has 0 amide bonds. The van der Waals surface area contributed by atoms with Crippen molar-refractivity contribution in [3.8, 4) is 0 Å². The van der Waals surface area contributed by atoms with Crippen LogP contribution in [0.15, 0.2) is 0 Å². The summed E-state index contributed by atoms with van der Waals surface area (Å²) >= 11 is 0. The molecule has 0 aromatic carbocycles. The predicted molar refractivity (Wildman–Crippen MR) is 35.8 cm³/mol. The van der Waals surface area contributed by atoms with Gasteiger partial charge in [-0.05, 0) is 26.3 Å². The fourth-order valence-corrected chi connectivity index (χ4v) is 1.26. The van der Waals surface area contributed by atoms with Gasteiger partial charge in [-0.15, -0.1) is 0 Å². The molecule has 54 valence electrons. The molecule has 1 fully saturated rings. The highest BCUT2D eigenvalue weighted by molar-refractivity contribution is 4.87.